The summed E-state index contributed by atoms with van der Waals surface area (Å²) in [6, 6.07) is 14.8. The van der Waals surface area contributed by atoms with Crippen molar-refractivity contribution in [2.24, 2.45) is 5.10 Å². The van der Waals surface area contributed by atoms with Gasteiger partial charge >= 0.3 is 0 Å². The molecule has 9 heteroatoms. The first-order valence-electron chi connectivity index (χ1n) is 8.50. The second kappa shape index (κ2) is 9.52. The lowest BCUT2D eigenvalue weighted by molar-refractivity contribution is -0.118. The summed E-state index contributed by atoms with van der Waals surface area (Å²) in [5, 5.41) is 22.8. The first kappa shape index (κ1) is 20.1. The number of phenols is 1. The minimum atomic E-state index is -0.275. The van der Waals surface area contributed by atoms with Gasteiger partial charge in [-0.05, 0) is 25.1 Å². The maximum atomic E-state index is 12.1. The van der Waals surface area contributed by atoms with Gasteiger partial charge in [0, 0.05) is 22.1 Å². The third-order valence-electron chi connectivity index (χ3n) is 3.78. The highest BCUT2D eigenvalue weighted by molar-refractivity contribution is 9.10. The van der Waals surface area contributed by atoms with E-state index in [2.05, 4.69) is 36.7 Å². The molecule has 3 rings (SSSR count). The van der Waals surface area contributed by atoms with Gasteiger partial charge in [-0.25, -0.2) is 5.43 Å². The summed E-state index contributed by atoms with van der Waals surface area (Å²) in [6.45, 7) is 2.70. The summed E-state index contributed by atoms with van der Waals surface area (Å²) in [5.74, 6) is 0.728. The van der Waals surface area contributed by atoms with Gasteiger partial charge in [-0.15, -0.1) is 10.2 Å². The van der Waals surface area contributed by atoms with E-state index in [-0.39, 0.29) is 17.4 Å². The van der Waals surface area contributed by atoms with E-state index in [1.807, 2.05) is 41.8 Å². The van der Waals surface area contributed by atoms with E-state index >= 15 is 0 Å². The maximum Gasteiger partial charge on any atom is 0.250 e. The number of amides is 1. The van der Waals surface area contributed by atoms with Gasteiger partial charge in [0.05, 0.1) is 12.0 Å². The predicted octanol–water partition coefficient (Wildman–Crippen LogP) is 3.68. The molecular weight excluding hydrogens is 442 g/mol. The number of benzene rings is 2. The lowest BCUT2D eigenvalue weighted by atomic mass is 10.2. The van der Waals surface area contributed by atoms with Gasteiger partial charge in [0.1, 0.15) is 5.75 Å². The minimum absolute atomic E-state index is 0.0834. The van der Waals surface area contributed by atoms with Crippen molar-refractivity contribution in [1.82, 2.24) is 20.2 Å². The number of halogens is 1. The number of aromatic nitrogens is 3. The van der Waals surface area contributed by atoms with E-state index in [0.717, 1.165) is 15.9 Å². The molecule has 1 amide bonds. The van der Waals surface area contributed by atoms with Crippen LogP contribution in [0.3, 0.4) is 0 Å². The quantitative estimate of drug-likeness (QED) is 0.319. The van der Waals surface area contributed by atoms with Crippen LogP contribution in [0.25, 0.3) is 11.4 Å². The van der Waals surface area contributed by atoms with Crippen molar-refractivity contribution in [1.29, 1.82) is 0 Å². The zero-order valence-corrected chi connectivity index (χ0v) is 17.4. The first-order chi connectivity index (χ1) is 13.6. The number of nitrogens with zero attached hydrogens (tertiary/aromatic N) is 4. The van der Waals surface area contributed by atoms with Crippen molar-refractivity contribution in [3.05, 3.63) is 58.6 Å². The van der Waals surface area contributed by atoms with E-state index in [4.69, 9.17) is 0 Å². The summed E-state index contributed by atoms with van der Waals surface area (Å²) in [4.78, 5) is 12.1. The molecule has 2 aromatic carbocycles. The molecular formula is C19H18BrN5O2S. The molecule has 0 saturated carbocycles. The van der Waals surface area contributed by atoms with Crippen LogP contribution >= 0.6 is 27.7 Å². The number of nitrogens with one attached hydrogen (secondary N) is 1. The van der Waals surface area contributed by atoms with Crippen molar-refractivity contribution < 1.29 is 9.90 Å². The van der Waals surface area contributed by atoms with Crippen molar-refractivity contribution in [3.63, 3.8) is 0 Å². The molecule has 0 aliphatic carbocycles. The Morgan fingerprint density at radius 1 is 1.29 bits per heavy atom. The zero-order valence-electron chi connectivity index (χ0n) is 15.0. The average Bonchev–Trinajstić information content (AvgIpc) is 3.12. The molecule has 28 heavy (non-hydrogen) atoms. The van der Waals surface area contributed by atoms with Gasteiger partial charge < -0.3 is 9.67 Å². The summed E-state index contributed by atoms with van der Waals surface area (Å²) in [7, 11) is 0. The highest BCUT2D eigenvalue weighted by Gasteiger charge is 2.14. The molecule has 0 fully saturated rings. The van der Waals surface area contributed by atoms with E-state index in [1.54, 1.807) is 18.2 Å². The molecule has 3 aromatic rings. The van der Waals surface area contributed by atoms with Crippen LogP contribution in [0.4, 0.5) is 0 Å². The van der Waals surface area contributed by atoms with Crippen molar-refractivity contribution >= 4 is 39.8 Å². The molecule has 1 aromatic heterocycles. The SMILES string of the molecule is CCn1c(SCC(=O)NN=Cc2cc(Br)ccc2O)nnc1-c1ccccc1. The lowest BCUT2D eigenvalue weighted by Crippen LogP contribution is -2.20. The molecule has 0 spiro atoms. The van der Waals surface area contributed by atoms with E-state index in [0.29, 0.717) is 17.3 Å². The van der Waals surface area contributed by atoms with Crippen molar-refractivity contribution in [2.75, 3.05) is 5.75 Å². The van der Waals surface area contributed by atoms with Crippen molar-refractivity contribution in [2.45, 2.75) is 18.6 Å². The molecule has 1 heterocycles. The van der Waals surface area contributed by atoms with Gasteiger partial charge in [0.25, 0.3) is 5.91 Å². The van der Waals surface area contributed by atoms with Gasteiger partial charge in [-0.1, -0.05) is 58.0 Å². The number of rotatable bonds is 7. The Hall–Kier alpha value is -2.65. The van der Waals surface area contributed by atoms with Crippen LogP contribution in [0.2, 0.25) is 0 Å². The Morgan fingerprint density at radius 2 is 2.07 bits per heavy atom. The Bertz CT molecular complexity index is 991. The summed E-state index contributed by atoms with van der Waals surface area (Å²) >= 11 is 4.62. The highest BCUT2D eigenvalue weighted by atomic mass is 79.9. The number of hydrazone groups is 1. The number of carbonyl (C=O) groups excluding carboxylic acids is 1. The largest absolute Gasteiger partial charge is 0.507 e. The summed E-state index contributed by atoms with van der Waals surface area (Å²) < 4.78 is 2.78. The van der Waals surface area contributed by atoms with Gasteiger partial charge in [-0.2, -0.15) is 5.10 Å². The summed E-state index contributed by atoms with van der Waals surface area (Å²) in [5.41, 5.74) is 3.93. The zero-order chi connectivity index (χ0) is 19.9. The molecule has 0 aliphatic rings. The van der Waals surface area contributed by atoms with Gasteiger partial charge in [0.15, 0.2) is 11.0 Å². The van der Waals surface area contributed by atoms with Crippen LogP contribution in [0, 0.1) is 0 Å². The Kier molecular flexibility index (Phi) is 6.83. The molecule has 0 bridgehead atoms. The van der Waals surface area contributed by atoms with Crippen LogP contribution < -0.4 is 5.43 Å². The average molecular weight is 460 g/mol. The predicted molar refractivity (Wildman–Crippen MR) is 113 cm³/mol. The molecule has 2 N–H and O–H groups in total. The molecule has 0 aliphatic heterocycles. The fourth-order valence-electron chi connectivity index (χ4n) is 2.45. The Balaban J connectivity index is 1.60. The second-order valence-corrected chi connectivity index (χ2v) is 7.56. The minimum Gasteiger partial charge on any atom is -0.507 e. The van der Waals surface area contributed by atoms with Gasteiger partial charge in [0.2, 0.25) is 0 Å². The molecule has 0 saturated heterocycles. The number of hydrogen-bond donors (Lipinski definition) is 2. The number of thioether (sulfide) groups is 1. The van der Waals surface area contributed by atoms with Gasteiger partial charge in [-0.3, -0.25) is 4.79 Å². The lowest BCUT2D eigenvalue weighted by Gasteiger charge is -2.06. The number of phenolic OH excluding ortho intramolecular Hbond substituents is 1. The molecule has 0 unspecified atom stereocenters. The first-order valence-corrected chi connectivity index (χ1v) is 10.3. The van der Waals surface area contributed by atoms with Crippen molar-refractivity contribution in [3.8, 4) is 17.1 Å². The van der Waals surface area contributed by atoms with Crippen LogP contribution in [0.1, 0.15) is 12.5 Å². The number of aromatic hydroxyl groups is 1. The van der Waals surface area contributed by atoms with Crippen LogP contribution in [0.5, 0.6) is 5.75 Å². The van der Waals surface area contributed by atoms with Crippen LogP contribution in [-0.4, -0.2) is 37.7 Å². The molecule has 0 atom stereocenters. The van der Waals surface area contributed by atoms with E-state index in [9.17, 15) is 9.90 Å². The fourth-order valence-corrected chi connectivity index (χ4v) is 3.62. The molecule has 144 valence electrons. The van der Waals surface area contributed by atoms with E-state index in [1.165, 1.54) is 18.0 Å². The van der Waals surface area contributed by atoms with E-state index < -0.39 is 0 Å². The maximum absolute atomic E-state index is 12.1. The monoisotopic (exact) mass is 459 g/mol. The number of hydrogen-bond acceptors (Lipinski definition) is 6. The standard InChI is InChI=1S/C19H18BrN5O2S/c1-2-25-18(13-6-4-3-5-7-13)23-24-19(25)28-12-17(27)22-21-11-14-10-15(20)8-9-16(14)26/h3-11,26H,2,12H2,1H3,(H,22,27). The Morgan fingerprint density at radius 3 is 2.82 bits per heavy atom. The fraction of sp³-hybridized carbons (Fsp3) is 0.158. The Labute approximate surface area is 175 Å². The normalized spacial score (nSPS) is 11.1. The third-order valence-corrected chi connectivity index (χ3v) is 5.24. The smallest absolute Gasteiger partial charge is 0.250 e. The number of carbonyl (C=O) groups is 1. The topological polar surface area (TPSA) is 92.4 Å². The molecule has 0 radical (unpaired) electrons. The summed E-state index contributed by atoms with van der Waals surface area (Å²) in [6.07, 6.45) is 1.39. The van der Waals surface area contributed by atoms with Crippen LogP contribution in [-0.2, 0) is 11.3 Å². The van der Waals surface area contributed by atoms with Crippen LogP contribution in [0.15, 0.2) is 63.3 Å². The second-order valence-electron chi connectivity index (χ2n) is 5.70. The third kappa shape index (κ3) is 4.99. The molecule has 7 nitrogen and oxygen atoms in total. The highest BCUT2D eigenvalue weighted by Crippen LogP contribution is 2.23.